The number of nitrogens with one attached hydrogen (secondary N) is 1. The average Bonchev–Trinajstić information content (AvgIpc) is 2.85. The maximum Gasteiger partial charge on any atom is 0.271 e. The molecule has 0 saturated heterocycles. The van der Waals surface area contributed by atoms with E-state index in [-0.39, 0.29) is 15.2 Å². The van der Waals surface area contributed by atoms with E-state index in [0.29, 0.717) is 5.56 Å². The van der Waals surface area contributed by atoms with Crippen LogP contribution in [0, 0.1) is 11.6 Å². The van der Waals surface area contributed by atoms with Gasteiger partial charge in [-0.15, -0.1) is 11.3 Å². The quantitative estimate of drug-likeness (QED) is 0.798. The number of sulfonamides is 1. The second-order valence-electron chi connectivity index (χ2n) is 3.83. The second kappa shape index (κ2) is 5.76. The molecule has 20 heavy (non-hydrogen) atoms. The Morgan fingerprint density at radius 3 is 2.55 bits per heavy atom. The second-order valence-corrected chi connectivity index (χ2v) is 7.50. The SMILES string of the molecule is NCc1csc(S(=O)(=O)Nc2cc(F)c(Br)cc2F)c1. The summed E-state index contributed by atoms with van der Waals surface area (Å²) < 4.78 is 52.9. The van der Waals surface area contributed by atoms with Crippen molar-refractivity contribution in [3.05, 3.63) is 45.2 Å². The Kier molecular flexibility index (Phi) is 4.43. The van der Waals surface area contributed by atoms with E-state index in [1.165, 1.54) is 6.07 Å². The summed E-state index contributed by atoms with van der Waals surface area (Å²) in [5.41, 5.74) is 5.60. The molecule has 0 radical (unpaired) electrons. The highest BCUT2D eigenvalue weighted by atomic mass is 79.9. The zero-order valence-corrected chi connectivity index (χ0v) is 13.1. The fraction of sp³-hybridized carbons (Fsp3) is 0.0909. The lowest BCUT2D eigenvalue weighted by atomic mass is 10.3. The van der Waals surface area contributed by atoms with Crippen LogP contribution in [0.3, 0.4) is 0 Å². The molecule has 0 saturated carbocycles. The molecular weight excluding hydrogens is 374 g/mol. The van der Waals surface area contributed by atoms with Crippen molar-refractivity contribution < 1.29 is 17.2 Å². The molecule has 9 heteroatoms. The summed E-state index contributed by atoms with van der Waals surface area (Å²) in [7, 11) is -3.96. The summed E-state index contributed by atoms with van der Waals surface area (Å²) in [5.74, 6) is -1.64. The normalized spacial score (nSPS) is 11.6. The molecule has 0 aliphatic carbocycles. The van der Waals surface area contributed by atoms with E-state index in [0.717, 1.165) is 23.5 Å². The molecule has 0 atom stereocenters. The summed E-state index contributed by atoms with van der Waals surface area (Å²) in [6.07, 6.45) is 0. The Labute approximate surface area is 126 Å². The number of benzene rings is 1. The van der Waals surface area contributed by atoms with Crippen LogP contribution in [-0.4, -0.2) is 8.42 Å². The van der Waals surface area contributed by atoms with Crippen LogP contribution in [0.4, 0.5) is 14.5 Å². The third-order valence-electron chi connectivity index (χ3n) is 2.38. The first kappa shape index (κ1) is 15.4. The molecule has 0 amide bonds. The van der Waals surface area contributed by atoms with Crippen molar-refractivity contribution in [3.63, 3.8) is 0 Å². The fourth-order valence-corrected chi connectivity index (χ4v) is 3.99. The molecule has 0 aliphatic heterocycles. The molecule has 1 aromatic carbocycles. The van der Waals surface area contributed by atoms with Crippen molar-refractivity contribution >= 4 is 43.0 Å². The monoisotopic (exact) mass is 382 g/mol. The van der Waals surface area contributed by atoms with Gasteiger partial charge in [0.2, 0.25) is 0 Å². The highest BCUT2D eigenvalue weighted by Gasteiger charge is 2.19. The van der Waals surface area contributed by atoms with Crippen molar-refractivity contribution in [1.82, 2.24) is 0 Å². The summed E-state index contributed by atoms with van der Waals surface area (Å²) >= 11 is 3.77. The zero-order valence-electron chi connectivity index (χ0n) is 9.86. The molecule has 0 spiro atoms. The van der Waals surface area contributed by atoms with Crippen molar-refractivity contribution in [2.24, 2.45) is 5.73 Å². The first-order valence-electron chi connectivity index (χ1n) is 5.28. The molecule has 1 heterocycles. The van der Waals surface area contributed by atoms with Crippen LogP contribution in [0.2, 0.25) is 0 Å². The predicted molar refractivity (Wildman–Crippen MR) is 77.1 cm³/mol. The lowest BCUT2D eigenvalue weighted by Gasteiger charge is -2.08. The van der Waals surface area contributed by atoms with Gasteiger partial charge in [0.05, 0.1) is 10.2 Å². The zero-order chi connectivity index (χ0) is 14.9. The van der Waals surface area contributed by atoms with Crippen molar-refractivity contribution in [2.75, 3.05) is 4.72 Å². The van der Waals surface area contributed by atoms with Crippen LogP contribution in [0.15, 0.2) is 32.3 Å². The minimum atomic E-state index is -3.96. The van der Waals surface area contributed by atoms with E-state index in [9.17, 15) is 17.2 Å². The maximum absolute atomic E-state index is 13.6. The minimum Gasteiger partial charge on any atom is -0.326 e. The molecule has 2 rings (SSSR count). The van der Waals surface area contributed by atoms with Gasteiger partial charge in [-0.05, 0) is 39.0 Å². The van der Waals surface area contributed by atoms with Gasteiger partial charge >= 0.3 is 0 Å². The van der Waals surface area contributed by atoms with Gasteiger partial charge in [0, 0.05) is 12.6 Å². The van der Waals surface area contributed by atoms with Crippen LogP contribution in [0.25, 0.3) is 0 Å². The molecule has 1 aromatic heterocycles. The molecule has 2 aromatic rings. The number of halogens is 3. The van der Waals surface area contributed by atoms with Gasteiger partial charge in [0.1, 0.15) is 15.8 Å². The smallest absolute Gasteiger partial charge is 0.271 e. The highest BCUT2D eigenvalue weighted by molar-refractivity contribution is 9.10. The molecule has 3 N–H and O–H groups in total. The van der Waals surface area contributed by atoms with Crippen molar-refractivity contribution in [1.29, 1.82) is 0 Å². The van der Waals surface area contributed by atoms with Gasteiger partial charge < -0.3 is 5.73 Å². The Balaban J connectivity index is 2.35. The van der Waals surface area contributed by atoms with E-state index in [1.54, 1.807) is 5.38 Å². The molecular formula is C11H9BrF2N2O2S2. The molecule has 0 aliphatic rings. The van der Waals surface area contributed by atoms with Crippen LogP contribution < -0.4 is 10.5 Å². The first-order valence-corrected chi connectivity index (χ1v) is 8.44. The van der Waals surface area contributed by atoms with Gasteiger partial charge in [-0.2, -0.15) is 0 Å². The number of nitrogens with two attached hydrogens (primary N) is 1. The summed E-state index contributed by atoms with van der Waals surface area (Å²) in [6, 6.07) is 3.02. The average molecular weight is 383 g/mol. The van der Waals surface area contributed by atoms with E-state index in [1.807, 2.05) is 4.72 Å². The number of thiophene rings is 1. The molecule has 0 bridgehead atoms. The molecule has 0 fully saturated rings. The maximum atomic E-state index is 13.6. The third kappa shape index (κ3) is 3.17. The van der Waals surface area contributed by atoms with E-state index < -0.39 is 27.3 Å². The number of hydrogen-bond acceptors (Lipinski definition) is 4. The molecule has 108 valence electrons. The third-order valence-corrected chi connectivity index (χ3v) is 5.85. The minimum absolute atomic E-state index is 0.0133. The van der Waals surface area contributed by atoms with Crippen LogP contribution in [0.1, 0.15) is 5.56 Å². The van der Waals surface area contributed by atoms with Gasteiger partial charge in [-0.3, -0.25) is 4.72 Å². The van der Waals surface area contributed by atoms with E-state index in [4.69, 9.17) is 5.73 Å². The summed E-state index contributed by atoms with van der Waals surface area (Å²) in [5, 5.41) is 1.59. The van der Waals surface area contributed by atoms with Gasteiger partial charge in [0.15, 0.2) is 0 Å². The van der Waals surface area contributed by atoms with Gasteiger partial charge in [0.25, 0.3) is 10.0 Å². The Morgan fingerprint density at radius 1 is 1.25 bits per heavy atom. The highest BCUT2D eigenvalue weighted by Crippen LogP contribution is 2.27. The summed E-state index contributed by atoms with van der Waals surface area (Å²) in [6.45, 7) is 0.202. The Hall–Kier alpha value is -1.03. The Bertz CT molecular complexity index is 747. The van der Waals surface area contributed by atoms with Gasteiger partial charge in [-0.1, -0.05) is 0 Å². The number of rotatable bonds is 4. The topological polar surface area (TPSA) is 72.2 Å². The number of anilines is 1. The standard InChI is InChI=1S/C11H9BrF2N2O2S2/c12-7-2-9(14)10(3-8(7)13)16-20(17,18)11-1-6(4-15)5-19-11/h1-3,5,16H,4,15H2. The fourth-order valence-electron chi connectivity index (χ4n) is 1.40. The van der Waals surface area contributed by atoms with Crippen molar-refractivity contribution in [2.45, 2.75) is 10.8 Å². The molecule has 4 nitrogen and oxygen atoms in total. The van der Waals surface area contributed by atoms with E-state index >= 15 is 0 Å². The largest absolute Gasteiger partial charge is 0.326 e. The number of hydrogen-bond donors (Lipinski definition) is 2. The van der Waals surface area contributed by atoms with Crippen molar-refractivity contribution in [3.8, 4) is 0 Å². The van der Waals surface area contributed by atoms with E-state index in [2.05, 4.69) is 15.9 Å². The first-order chi connectivity index (χ1) is 9.33. The molecule has 0 unspecified atom stereocenters. The van der Waals surface area contributed by atoms with Crippen LogP contribution in [0.5, 0.6) is 0 Å². The van der Waals surface area contributed by atoms with Crippen LogP contribution >= 0.6 is 27.3 Å². The Morgan fingerprint density at radius 2 is 1.95 bits per heavy atom. The van der Waals surface area contributed by atoms with Gasteiger partial charge in [-0.25, -0.2) is 17.2 Å². The lowest BCUT2D eigenvalue weighted by molar-refractivity contribution is 0.592. The lowest BCUT2D eigenvalue weighted by Crippen LogP contribution is -2.13. The van der Waals surface area contributed by atoms with Crippen LogP contribution in [-0.2, 0) is 16.6 Å². The summed E-state index contributed by atoms with van der Waals surface area (Å²) in [4.78, 5) is 0. The predicted octanol–water partition coefficient (Wildman–Crippen LogP) is 3.05.